The molecule has 0 bridgehead atoms. The monoisotopic (exact) mass is 823 g/mol. The molecule has 0 amide bonds. The first-order chi connectivity index (χ1) is 31.6. The fourth-order valence-electron chi connectivity index (χ4n) is 9.25. The minimum Gasteiger partial charge on any atom is -0.507 e. The molecule has 4 aromatic heterocycles. The number of phenolic OH excluding ortho intramolecular Hbond substituents is 1. The number of benzene rings is 8. The van der Waals surface area contributed by atoms with Crippen LogP contribution in [-0.4, -0.2) is 19.6 Å². The van der Waals surface area contributed by atoms with Gasteiger partial charge >= 0.3 is 0 Å². The zero-order valence-electron chi connectivity index (χ0n) is 34.4. The Kier molecular flexibility index (Phi) is 8.69. The van der Waals surface area contributed by atoms with Gasteiger partial charge in [0, 0.05) is 49.4 Å². The van der Waals surface area contributed by atoms with E-state index in [2.05, 4.69) is 120 Å². The van der Waals surface area contributed by atoms with Crippen LogP contribution in [0.4, 0.5) is 0 Å². The van der Waals surface area contributed by atoms with E-state index in [1.54, 1.807) is 18.4 Å². The maximum Gasteiger partial charge on any atom is 0.179 e. The first-order valence-corrected chi connectivity index (χ1v) is 21.2. The van der Waals surface area contributed by atoms with Gasteiger partial charge in [-0.25, -0.2) is 9.97 Å². The number of para-hydroxylation sites is 2. The molecule has 12 rings (SSSR count). The molecule has 0 unspecified atom stereocenters. The van der Waals surface area contributed by atoms with Crippen LogP contribution in [0.3, 0.4) is 0 Å². The molecule has 0 aliphatic rings. The minimum absolute atomic E-state index is 0.164. The maximum absolute atomic E-state index is 11.5. The highest BCUT2D eigenvalue weighted by molar-refractivity contribution is 6.15. The first kappa shape index (κ1) is 37.1. The number of phenols is 1. The number of furan rings is 2. The summed E-state index contributed by atoms with van der Waals surface area (Å²) in [7, 11) is 0. The summed E-state index contributed by atoms with van der Waals surface area (Å²) in [6, 6.07) is 62.3. The lowest BCUT2D eigenvalue weighted by Gasteiger charge is -2.21. The Morgan fingerprint density at radius 2 is 1.17 bits per heavy atom. The van der Waals surface area contributed by atoms with Gasteiger partial charge in [-0.15, -0.1) is 0 Å². The average molecular weight is 824 g/mol. The van der Waals surface area contributed by atoms with Crippen LogP contribution in [0.5, 0.6) is 5.75 Å². The number of fused-ring (bicyclic) bond motifs is 7. The molecule has 1 N–H and O–H groups in total. The smallest absolute Gasteiger partial charge is 0.179 e. The van der Waals surface area contributed by atoms with Gasteiger partial charge in [-0.2, -0.15) is 0 Å². The zero-order valence-corrected chi connectivity index (χ0v) is 34.4. The molecular formula is C58H37N3O3. The molecule has 4 heterocycles. The lowest BCUT2D eigenvalue weighted by molar-refractivity contribution is 0.477. The van der Waals surface area contributed by atoms with E-state index in [1.165, 1.54) is 0 Å². The number of nitrogens with zero attached hydrogens (tertiary/aromatic N) is 3. The fraction of sp³-hybridized carbons (Fsp3) is 0. The molecule has 64 heavy (non-hydrogen) atoms. The van der Waals surface area contributed by atoms with Gasteiger partial charge < -0.3 is 18.5 Å². The van der Waals surface area contributed by atoms with E-state index in [4.69, 9.17) is 18.8 Å². The van der Waals surface area contributed by atoms with Gasteiger partial charge in [-0.05, 0) is 71.3 Å². The van der Waals surface area contributed by atoms with Crippen molar-refractivity contribution in [2.24, 2.45) is 0 Å². The molecule has 8 aromatic carbocycles. The molecule has 6 heteroatoms. The molecule has 0 atom stereocenters. The van der Waals surface area contributed by atoms with Gasteiger partial charge in [0.2, 0.25) is 0 Å². The molecular weight excluding hydrogens is 787 g/mol. The predicted octanol–water partition coefficient (Wildman–Crippen LogP) is 15.5. The van der Waals surface area contributed by atoms with Crippen molar-refractivity contribution in [2.75, 3.05) is 0 Å². The Bertz CT molecular complexity index is 3740. The molecule has 0 spiro atoms. The van der Waals surface area contributed by atoms with E-state index in [9.17, 15) is 5.11 Å². The van der Waals surface area contributed by atoms with Gasteiger partial charge in [0.15, 0.2) is 11.4 Å². The van der Waals surface area contributed by atoms with Crippen molar-refractivity contribution in [2.45, 2.75) is 0 Å². The Morgan fingerprint density at radius 1 is 0.531 bits per heavy atom. The number of rotatable bonds is 8. The molecule has 0 saturated carbocycles. The Labute approximate surface area is 368 Å². The van der Waals surface area contributed by atoms with Crippen LogP contribution in [0.2, 0.25) is 0 Å². The van der Waals surface area contributed by atoms with E-state index in [0.717, 1.165) is 93.9 Å². The van der Waals surface area contributed by atoms with Crippen molar-refractivity contribution < 1.29 is 13.9 Å². The van der Waals surface area contributed by atoms with E-state index < -0.39 is 0 Å². The Balaban J connectivity index is 1.16. The lowest BCUT2D eigenvalue weighted by Crippen LogP contribution is -2.02. The van der Waals surface area contributed by atoms with Crippen molar-refractivity contribution in [1.29, 1.82) is 0 Å². The highest BCUT2D eigenvalue weighted by Crippen LogP contribution is 2.47. The first-order valence-electron chi connectivity index (χ1n) is 21.2. The summed E-state index contributed by atoms with van der Waals surface area (Å²) in [5, 5.41) is 15.6. The summed E-state index contributed by atoms with van der Waals surface area (Å²) in [5.41, 5.74) is 14.8. The van der Waals surface area contributed by atoms with Gasteiger partial charge in [-0.1, -0.05) is 152 Å². The molecule has 0 aliphatic heterocycles. The summed E-state index contributed by atoms with van der Waals surface area (Å²) in [5.74, 6) is 0.768. The van der Waals surface area contributed by atoms with Gasteiger partial charge in [0.25, 0.3) is 0 Å². The third kappa shape index (κ3) is 5.96. The molecule has 0 radical (unpaired) electrons. The van der Waals surface area contributed by atoms with Crippen LogP contribution in [0.25, 0.3) is 123 Å². The molecule has 0 fully saturated rings. The SMILES string of the molecule is C=C/C=C\c1coc2c(-c3cc(-c4ccccc4)c(-n4c5ccccc5c5cc(-c6c(O)ccc7c6oc6ccccc67)ccc54)c(-c4ccccc4)c3)nc(-c3ccccc3)nc12. The number of aromatic hydroxyl groups is 1. The quantitative estimate of drug-likeness (QED) is 0.154. The summed E-state index contributed by atoms with van der Waals surface area (Å²) < 4.78 is 15.2. The van der Waals surface area contributed by atoms with E-state index >= 15 is 0 Å². The zero-order chi connectivity index (χ0) is 42.7. The summed E-state index contributed by atoms with van der Waals surface area (Å²) in [4.78, 5) is 10.4. The molecule has 0 saturated heterocycles. The second-order valence-corrected chi connectivity index (χ2v) is 15.9. The van der Waals surface area contributed by atoms with Crippen LogP contribution in [0.15, 0.2) is 216 Å². The Hall–Kier alpha value is -8.74. The second kappa shape index (κ2) is 15.0. The van der Waals surface area contributed by atoms with E-state index in [1.807, 2.05) is 78.9 Å². The fourth-order valence-corrected chi connectivity index (χ4v) is 9.25. The summed E-state index contributed by atoms with van der Waals surface area (Å²) in [6.07, 6.45) is 7.34. The van der Waals surface area contributed by atoms with Crippen molar-refractivity contribution >= 4 is 60.9 Å². The van der Waals surface area contributed by atoms with Gasteiger partial charge in [0.1, 0.15) is 34.4 Å². The van der Waals surface area contributed by atoms with Crippen molar-refractivity contribution in [3.8, 4) is 67.5 Å². The van der Waals surface area contributed by atoms with Crippen LogP contribution < -0.4 is 0 Å². The van der Waals surface area contributed by atoms with Crippen molar-refractivity contribution in [3.63, 3.8) is 0 Å². The normalized spacial score (nSPS) is 11.8. The molecule has 0 aliphatic carbocycles. The van der Waals surface area contributed by atoms with Gasteiger partial charge in [-0.3, -0.25) is 0 Å². The predicted molar refractivity (Wildman–Crippen MR) is 261 cm³/mol. The van der Waals surface area contributed by atoms with Crippen LogP contribution >= 0.6 is 0 Å². The number of aromatic nitrogens is 3. The average Bonchev–Trinajstić information content (AvgIpc) is 4.05. The van der Waals surface area contributed by atoms with E-state index in [-0.39, 0.29) is 5.75 Å². The summed E-state index contributed by atoms with van der Waals surface area (Å²) >= 11 is 0. The third-order valence-corrected chi connectivity index (χ3v) is 12.1. The largest absolute Gasteiger partial charge is 0.507 e. The number of hydrogen-bond donors (Lipinski definition) is 1. The Morgan fingerprint density at radius 3 is 1.89 bits per heavy atom. The third-order valence-electron chi connectivity index (χ3n) is 12.1. The molecule has 6 nitrogen and oxygen atoms in total. The minimum atomic E-state index is 0.164. The van der Waals surface area contributed by atoms with Crippen molar-refractivity contribution in [3.05, 3.63) is 213 Å². The highest BCUT2D eigenvalue weighted by atomic mass is 16.3. The molecule has 12 aromatic rings. The number of hydrogen-bond acceptors (Lipinski definition) is 5. The van der Waals surface area contributed by atoms with Crippen molar-refractivity contribution in [1.82, 2.24) is 14.5 Å². The van der Waals surface area contributed by atoms with Crippen LogP contribution in [0.1, 0.15) is 5.56 Å². The molecule has 302 valence electrons. The van der Waals surface area contributed by atoms with Gasteiger partial charge in [0.05, 0.1) is 22.3 Å². The topological polar surface area (TPSA) is 77.2 Å². The van der Waals surface area contributed by atoms with Crippen LogP contribution in [0, 0.1) is 0 Å². The summed E-state index contributed by atoms with van der Waals surface area (Å²) in [6.45, 7) is 3.89. The highest BCUT2D eigenvalue weighted by Gasteiger charge is 2.25. The maximum atomic E-state index is 11.5. The standard InChI is InChI=1S/C58H37N3O3/c1-2-3-17-40-35-63-57-53(40)59-58(38-22-11-6-12-23-38)60-54(57)41-33-45(36-18-7-4-8-19-36)55(46(34-41)37-20-9-5-10-21-37)61-48-26-15-13-24-42(48)47-32-39(28-30-49(47)61)52-50(62)31-29-44-43-25-14-16-27-51(43)64-56(44)52/h2-35,62H,1H2/b17-3-. The van der Waals surface area contributed by atoms with E-state index in [0.29, 0.717) is 28.2 Å². The second-order valence-electron chi connectivity index (χ2n) is 15.9. The lowest BCUT2D eigenvalue weighted by atomic mass is 9.91. The van der Waals surface area contributed by atoms with Crippen LogP contribution in [-0.2, 0) is 0 Å². The number of allylic oxidation sites excluding steroid dienone is 2.